The molecule has 6 nitrogen and oxygen atoms in total. The smallest absolute Gasteiger partial charge is 0.355 e. The molecule has 2 heterocycles. The number of nitrogens with one attached hydrogen (secondary N) is 1. The molecule has 1 amide bonds. The molecule has 27 heavy (non-hydrogen) atoms. The van der Waals surface area contributed by atoms with Crippen molar-refractivity contribution in [3.05, 3.63) is 53.7 Å². The molecule has 2 N–H and O–H groups in total. The first-order valence-electron chi connectivity index (χ1n) is 8.75. The third kappa shape index (κ3) is 3.28. The lowest BCUT2D eigenvalue weighted by molar-refractivity contribution is -0.162. The molecule has 3 unspecified atom stereocenters. The summed E-state index contributed by atoms with van der Waals surface area (Å²) in [6.07, 6.45) is 1.21. The van der Waals surface area contributed by atoms with Crippen LogP contribution in [0.2, 0.25) is 0 Å². The number of hydrogen-bond acceptors (Lipinski definition) is 5. The fourth-order valence-corrected chi connectivity index (χ4v) is 3.82. The molecule has 2 aliphatic heterocycles. The third-order valence-electron chi connectivity index (χ3n) is 4.98. The average molecular weight is 386 g/mol. The number of nitrogens with zero attached hydrogens (tertiary/aromatic N) is 1. The molecule has 1 saturated heterocycles. The Kier molecular flexibility index (Phi) is 5.43. The van der Waals surface area contributed by atoms with Crippen molar-refractivity contribution in [3.8, 4) is 0 Å². The van der Waals surface area contributed by atoms with Crippen molar-refractivity contribution in [2.45, 2.75) is 25.5 Å². The lowest BCUT2D eigenvalue weighted by Gasteiger charge is -2.44. The van der Waals surface area contributed by atoms with Crippen LogP contribution in [-0.2, 0) is 14.3 Å². The van der Waals surface area contributed by atoms with Crippen LogP contribution in [0, 0.1) is 5.92 Å². The van der Waals surface area contributed by atoms with Gasteiger partial charge in [-0.1, -0.05) is 49.1 Å². The van der Waals surface area contributed by atoms with Gasteiger partial charge in [0.25, 0.3) is 0 Å². The van der Waals surface area contributed by atoms with Crippen LogP contribution in [0.25, 0.3) is 5.57 Å². The lowest BCUT2D eigenvalue weighted by atomic mass is 9.82. The molecule has 2 aliphatic rings. The summed E-state index contributed by atoms with van der Waals surface area (Å²) in [6.45, 7) is 5.21. The number of benzene rings is 1. The van der Waals surface area contributed by atoms with Crippen molar-refractivity contribution in [3.63, 3.8) is 0 Å². The second-order valence-corrected chi connectivity index (χ2v) is 7.03. The molecule has 142 valence electrons. The summed E-state index contributed by atoms with van der Waals surface area (Å²) in [5.74, 6) is -1.30. The SMILES string of the molecule is C=CCOC(=O)C1=C(c2ccc(C(=S)NC)cc2)CC2C(C(C)O)C(=O)N12. The zero-order chi connectivity index (χ0) is 19.7. The van der Waals surface area contributed by atoms with Crippen molar-refractivity contribution in [2.75, 3.05) is 13.7 Å². The van der Waals surface area contributed by atoms with Gasteiger partial charge < -0.3 is 20.1 Å². The second-order valence-electron chi connectivity index (χ2n) is 6.62. The highest BCUT2D eigenvalue weighted by atomic mass is 32.1. The highest BCUT2D eigenvalue weighted by Gasteiger charge is 2.56. The van der Waals surface area contributed by atoms with Gasteiger partial charge >= 0.3 is 5.97 Å². The number of thiocarbonyl (C=S) groups is 1. The van der Waals surface area contributed by atoms with Gasteiger partial charge in [0, 0.05) is 12.6 Å². The fraction of sp³-hybridized carbons (Fsp3) is 0.350. The van der Waals surface area contributed by atoms with Crippen LogP contribution in [0.5, 0.6) is 0 Å². The molecule has 1 aromatic rings. The third-order valence-corrected chi connectivity index (χ3v) is 5.42. The van der Waals surface area contributed by atoms with Gasteiger partial charge in [-0.2, -0.15) is 0 Å². The van der Waals surface area contributed by atoms with Gasteiger partial charge in [0.05, 0.1) is 18.1 Å². The molecule has 0 aromatic heterocycles. The largest absolute Gasteiger partial charge is 0.457 e. The van der Waals surface area contributed by atoms with Gasteiger partial charge in [-0.3, -0.25) is 4.79 Å². The Bertz CT molecular complexity index is 829. The maximum absolute atomic E-state index is 12.6. The van der Waals surface area contributed by atoms with E-state index in [1.54, 1.807) is 14.0 Å². The zero-order valence-corrected chi connectivity index (χ0v) is 16.1. The molecular formula is C20H22N2O4S. The van der Waals surface area contributed by atoms with Crippen molar-refractivity contribution in [2.24, 2.45) is 5.92 Å². The minimum Gasteiger partial charge on any atom is -0.457 e. The van der Waals surface area contributed by atoms with E-state index in [1.807, 2.05) is 24.3 Å². The Morgan fingerprint density at radius 2 is 2.15 bits per heavy atom. The molecule has 7 heteroatoms. The van der Waals surface area contributed by atoms with E-state index in [0.29, 0.717) is 11.4 Å². The van der Waals surface area contributed by atoms with E-state index in [9.17, 15) is 14.7 Å². The molecule has 0 saturated carbocycles. The number of aliphatic hydroxyl groups excluding tert-OH is 1. The van der Waals surface area contributed by atoms with Crippen molar-refractivity contribution >= 4 is 34.7 Å². The summed E-state index contributed by atoms with van der Waals surface area (Å²) in [5.41, 5.74) is 2.70. The van der Waals surface area contributed by atoms with Crippen LogP contribution in [0.15, 0.2) is 42.6 Å². The van der Waals surface area contributed by atoms with E-state index in [1.165, 1.54) is 11.0 Å². The minimum atomic E-state index is -0.765. The van der Waals surface area contributed by atoms with Crippen molar-refractivity contribution in [1.82, 2.24) is 10.2 Å². The standard InChI is InChI=1S/C20H22N2O4S/c1-4-9-26-20(25)17-14(10-15-16(11(2)23)19(24)22(15)17)12-5-7-13(8-6-12)18(27)21-3/h4-8,11,15-16,23H,1,9-10H2,2-3H3,(H,21,27). The quantitative estimate of drug-likeness (QED) is 0.335. The first-order valence-corrected chi connectivity index (χ1v) is 9.16. The molecule has 3 rings (SSSR count). The first-order chi connectivity index (χ1) is 12.9. The number of amides is 1. The highest BCUT2D eigenvalue weighted by molar-refractivity contribution is 7.80. The fourth-order valence-electron chi connectivity index (χ4n) is 3.69. The maximum atomic E-state index is 12.6. The molecule has 0 spiro atoms. The second kappa shape index (κ2) is 7.62. The number of rotatable bonds is 6. The number of esters is 1. The Balaban J connectivity index is 1.97. The Hall–Kier alpha value is -2.51. The minimum absolute atomic E-state index is 0.0670. The lowest BCUT2D eigenvalue weighted by Crippen LogP contribution is -2.61. The Labute approximate surface area is 163 Å². The van der Waals surface area contributed by atoms with E-state index in [0.717, 1.165) is 16.7 Å². The molecule has 1 aromatic carbocycles. The number of carbonyl (C=O) groups is 2. The summed E-state index contributed by atoms with van der Waals surface area (Å²) >= 11 is 5.23. The summed E-state index contributed by atoms with van der Waals surface area (Å²) in [5, 5.41) is 12.8. The Morgan fingerprint density at radius 3 is 2.70 bits per heavy atom. The zero-order valence-electron chi connectivity index (χ0n) is 15.3. The van der Waals surface area contributed by atoms with E-state index in [4.69, 9.17) is 17.0 Å². The van der Waals surface area contributed by atoms with Crippen LogP contribution >= 0.6 is 12.2 Å². The normalized spacial score (nSPS) is 22.0. The van der Waals surface area contributed by atoms with Gasteiger partial charge in [0.1, 0.15) is 17.3 Å². The van der Waals surface area contributed by atoms with Gasteiger partial charge in [0.15, 0.2) is 0 Å². The average Bonchev–Trinajstić information content (AvgIpc) is 3.00. The summed E-state index contributed by atoms with van der Waals surface area (Å²) in [7, 11) is 1.76. The highest BCUT2D eigenvalue weighted by Crippen LogP contribution is 2.47. The molecule has 0 bridgehead atoms. The molecule has 1 fully saturated rings. The van der Waals surface area contributed by atoms with Gasteiger partial charge in [0.2, 0.25) is 5.91 Å². The van der Waals surface area contributed by atoms with Gasteiger partial charge in [-0.05, 0) is 24.5 Å². The number of carbonyl (C=O) groups excluding carboxylic acids is 2. The van der Waals surface area contributed by atoms with E-state index >= 15 is 0 Å². The van der Waals surface area contributed by atoms with Crippen LogP contribution in [0.4, 0.5) is 0 Å². The van der Waals surface area contributed by atoms with Crippen LogP contribution in [-0.4, -0.2) is 52.7 Å². The maximum Gasteiger partial charge on any atom is 0.355 e. The van der Waals surface area contributed by atoms with Crippen LogP contribution in [0.3, 0.4) is 0 Å². The predicted molar refractivity (Wildman–Crippen MR) is 106 cm³/mol. The van der Waals surface area contributed by atoms with Crippen molar-refractivity contribution in [1.29, 1.82) is 0 Å². The van der Waals surface area contributed by atoms with E-state index < -0.39 is 18.0 Å². The first kappa shape index (κ1) is 19.3. The van der Waals surface area contributed by atoms with Crippen molar-refractivity contribution < 1.29 is 19.4 Å². The summed E-state index contributed by atoms with van der Waals surface area (Å²) in [4.78, 5) is 27.2. The predicted octanol–water partition coefficient (Wildman–Crippen LogP) is 1.63. The molecule has 0 radical (unpaired) electrons. The topological polar surface area (TPSA) is 78.9 Å². The molecular weight excluding hydrogens is 364 g/mol. The van der Waals surface area contributed by atoms with Gasteiger partial charge in [-0.15, -0.1) is 0 Å². The summed E-state index contributed by atoms with van der Waals surface area (Å²) in [6, 6.07) is 7.28. The molecule has 0 aliphatic carbocycles. The number of aliphatic hydroxyl groups is 1. The van der Waals surface area contributed by atoms with E-state index in [-0.39, 0.29) is 24.3 Å². The monoisotopic (exact) mass is 386 g/mol. The molecule has 3 atom stereocenters. The van der Waals surface area contributed by atoms with Crippen LogP contribution < -0.4 is 5.32 Å². The summed E-state index contributed by atoms with van der Waals surface area (Å²) < 4.78 is 5.20. The number of fused-ring (bicyclic) bond motifs is 1. The number of hydrogen-bond donors (Lipinski definition) is 2. The number of β-lactam (4-membered cyclic amide) rings is 1. The van der Waals surface area contributed by atoms with Gasteiger partial charge in [-0.25, -0.2) is 4.79 Å². The van der Waals surface area contributed by atoms with E-state index in [2.05, 4.69) is 11.9 Å². The van der Waals surface area contributed by atoms with Crippen LogP contribution in [0.1, 0.15) is 24.5 Å². The number of ether oxygens (including phenoxy) is 1. The Morgan fingerprint density at radius 1 is 1.48 bits per heavy atom.